The van der Waals surface area contributed by atoms with Crippen molar-refractivity contribution in [3.8, 4) is 0 Å². The molecule has 2 aromatic rings. The monoisotopic (exact) mass is 920 g/mol. The largest absolute Gasteiger partial charge is 0.465 e. The van der Waals surface area contributed by atoms with E-state index in [9.17, 15) is 36.7 Å². The standard InChI is InChI=1S/2C19H27ClF2N6O3/c2*20-18-24-15(14(22)16(25-18)28-7-3-6-13(28)9-21)26-27-17(29)12(10-23-19(30)31)8-11-4-1-2-5-11/h2*11-13,23H,1-10H2,(H,27,29)(H,30,31)(H,24,25,26)/t2*12-,13-/m11/s1. The van der Waals surface area contributed by atoms with E-state index in [-0.39, 0.29) is 46.9 Å². The fraction of sp³-hybridized carbons (Fsp3) is 0.684. The van der Waals surface area contributed by atoms with Crippen molar-refractivity contribution in [2.75, 3.05) is 60.2 Å². The first-order valence-electron chi connectivity index (χ1n) is 20.9. The van der Waals surface area contributed by atoms with Gasteiger partial charge in [0.25, 0.3) is 0 Å². The molecule has 0 bridgehead atoms. The van der Waals surface area contributed by atoms with E-state index in [2.05, 4.69) is 52.3 Å². The number of nitrogens with zero attached hydrogens (tertiary/aromatic N) is 6. The number of anilines is 4. The SMILES string of the molecule is O=C(O)NC[C@@H](CC1CCCC1)C(=O)NNc1nc(Cl)nc(N2CCC[C@@H]2CF)c1F.O=C(O)NC[C@@H](CC1CCCC1)C(=O)NNc1nc(Cl)nc(N2CCC[C@@H]2CF)c1F. The third-order valence-electron chi connectivity index (χ3n) is 11.8. The molecular weight excluding hydrogens is 867 g/mol. The molecule has 18 nitrogen and oxygen atoms in total. The fourth-order valence-electron chi connectivity index (χ4n) is 8.64. The van der Waals surface area contributed by atoms with Crippen LogP contribution in [0.5, 0.6) is 0 Å². The Bertz CT molecular complexity index is 1720. The molecule has 6 rings (SSSR count). The number of aromatic nitrogens is 4. The molecule has 2 aliphatic heterocycles. The minimum absolute atomic E-state index is 0.0520. The van der Waals surface area contributed by atoms with Crippen LogP contribution in [0, 0.1) is 35.3 Å². The van der Waals surface area contributed by atoms with Crippen molar-refractivity contribution in [2.45, 2.75) is 102 Å². The molecule has 2 aromatic heterocycles. The van der Waals surface area contributed by atoms with Gasteiger partial charge in [-0.25, -0.2) is 18.4 Å². The van der Waals surface area contributed by atoms with Crippen LogP contribution >= 0.6 is 23.2 Å². The average molecular weight is 922 g/mol. The molecular formula is C38H54Cl2F4N12O6. The van der Waals surface area contributed by atoms with Gasteiger partial charge in [-0.3, -0.25) is 31.3 Å². The molecule has 2 aliphatic carbocycles. The predicted octanol–water partition coefficient (Wildman–Crippen LogP) is 6.23. The first-order valence-corrected chi connectivity index (χ1v) is 21.7. The normalized spacial score (nSPS) is 20.0. The summed E-state index contributed by atoms with van der Waals surface area (Å²) in [5, 5.41) is 21.8. The molecule has 4 heterocycles. The Morgan fingerprint density at radius 3 is 1.32 bits per heavy atom. The van der Waals surface area contributed by atoms with Crippen molar-refractivity contribution in [1.82, 2.24) is 41.4 Å². The molecule has 0 spiro atoms. The molecule has 24 heteroatoms. The zero-order valence-electron chi connectivity index (χ0n) is 34.1. The van der Waals surface area contributed by atoms with Crippen molar-refractivity contribution >= 4 is 70.5 Å². The highest BCUT2D eigenvalue weighted by atomic mass is 35.5. The van der Waals surface area contributed by atoms with E-state index in [0.29, 0.717) is 63.5 Å². The van der Waals surface area contributed by atoms with Crippen molar-refractivity contribution in [3.63, 3.8) is 0 Å². The first-order chi connectivity index (χ1) is 29.8. The van der Waals surface area contributed by atoms with Crippen LogP contribution in [-0.4, -0.2) is 106 Å². The summed E-state index contributed by atoms with van der Waals surface area (Å²) in [4.78, 5) is 65.5. The topological polar surface area (TPSA) is 239 Å². The zero-order valence-corrected chi connectivity index (χ0v) is 35.6. The van der Waals surface area contributed by atoms with Gasteiger partial charge in [-0.15, -0.1) is 0 Å². The highest BCUT2D eigenvalue weighted by Gasteiger charge is 2.33. The fourth-order valence-corrected chi connectivity index (χ4v) is 8.97. The number of hydrogen-bond donors (Lipinski definition) is 8. The Kier molecular flexibility index (Phi) is 18.3. The van der Waals surface area contributed by atoms with Gasteiger partial charge in [0.1, 0.15) is 13.3 Å². The Hall–Kier alpha value is -4.86. The highest BCUT2D eigenvalue weighted by molar-refractivity contribution is 6.28. The zero-order chi connectivity index (χ0) is 44.8. The van der Waals surface area contributed by atoms with Crippen LogP contribution in [-0.2, 0) is 9.59 Å². The van der Waals surface area contributed by atoms with Gasteiger partial charge in [-0.2, -0.15) is 28.7 Å². The first kappa shape index (κ1) is 48.2. The molecule has 4 atom stereocenters. The number of nitrogens with one attached hydrogen (secondary N) is 6. The van der Waals surface area contributed by atoms with E-state index in [1.54, 1.807) is 0 Å². The summed E-state index contributed by atoms with van der Waals surface area (Å²) in [6, 6.07) is -0.971. The lowest BCUT2D eigenvalue weighted by Gasteiger charge is -2.25. The Balaban J connectivity index is 0.000000234. The third-order valence-corrected chi connectivity index (χ3v) is 12.1. The molecule has 62 heavy (non-hydrogen) atoms. The number of carbonyl (C=O) groups excluding carboxylic acids is 2. The van der Waals surface area contributed by atoms with E-state index in [1.807, 2.05) is 0 Å². The molecule has 2 saturated carbocycles. The van der Waals surface area contributed by atoms with Crippen LogP contribution in [0.3, 0.4) is 0 Å². The smallest absolute Gasteiger partial charge is 0.404 e. The molecule has 0 aromatic carbocycles. The van der Waals surface area contributed by atoms with E-state index in [1.165, 1.54) is 9.80 Å². The average Bonchev–Trinajstić information content (AvgIpc) is 4.10. The lowest BCUT2D eigenvalue weighted by molar-refractivity contribution is -0.125. The second-order valence-electron chi connectivity index (χ2n) is 16.0. The molecule has 0 unspecified atom stereocenters. The molecule has 4 amide bonds. The van der Waals surface area contributed by atoms with Gasteiger partial charge in [0.2, 0.25) is 34.0 Å². The van der Waals surface area contributed by atoms with Gasteiger partial charge >= 0.3 is 12.2 Å². The second kappa shape index (κ2) is 23.5. The molecule has 4 fully saturated rings. The highest BCUT2D eigenvalue weighted by Crippen LogP contribution is 2.34. The number of carbonyl (C=O) groups is 4. The van der Waals surface area contributed by atoms with Gasteiger partial charge in [-0.05, 0) is 73.6 Å². The van der Waals surface area contributed by atoms with Crippen molar-refractivity contribution in [3.05, 3.63) is 22.2 Å². The molecule has 0 radical (unpaired) electrons. The minimum Gasteiger partial charge on any atom is -0.465 e. The Labute approximate surface area is 366 Å². The number of hydrogen-bond acceptors (Lipinski definition) is 12. The van der Waals surface area contributed by atoms with Crippen LogP contribution in [0.15, 0.2) is 0 Å². The third kappa shape index (κ3) is 13.6. The number of alkyl halides is 2. The lowest BCUT2D eigenvalue weighted by Crippen LogP contribution is -2.42. The van der Waals surface area contributed by atoms with Crippen LogP contribution in [0.4, 0.5) is 50.4 Å². The van der Waals surface area contributed by atoms with Crippen LogP contribution in [0.1, 0.15) is 89.9 Å². The number of rotatable bonds is 18. The summed E-state index contributed by atoms with van der Waals surface area (Å²) in [5.74, 6) is -4.13. The van der Waals surface area contributed by atoms with Crippen LogP contribution in [0.2, 0.25) is 10.6 Å². The minimum atomic E-state index is -1.22. The Morgan fingerprint density at radius 2 is 0.984 bits per heavy atom. The van der Waals surface area contributed by atoms with Gasteiger partial charge in [-0.1, -0.05) is 51.4 Å². The van der Waals surface area contributed by atoms with Crippen molar-refractivity contribution < 1.29 is 47.0 Å². The molecule has 344 valence electrons. The summed E-state index contributed by atoms with van der Waals surface area (Å²) in [6.07, 6.45) is 9.52. The van der Waals surface area contributed by atoms with E-state index >= 15 is 0 Å². The van der Waals surface area contributed by atoms with E-state index in [4.69, 9.17) is 33.4 Å². The van der Waals surface area contributed by atoms with E-state index in [0.717, 1.165) is 51.4 Å². The lowest BCUT2D eigenvalue weighted by atomic mass is 9.92. The summed E-state index contributed by atoms with van der Waals surface area (Å²) >= 11 is 11.9. The predicted molar refractivity (Wildman–Crippen MR) is 222 cm³/mol. The van der Waals surface area contributed by atoms with Crippen molar-refractivity contribution in [1.29, 1.82) is 0 Å². The van der Waals surface area contributed by atoms with Gasteiger partial charge < -0.3 is 30.6 Å². The quantitative estimate of drug-likeness (QED) is 0.0470. The summed E-state index contributed by atoms with van der Waals surface area (Å²) in [7, 11) is 0. The number of amides is 4. The number of carboxylic acid groups (broad SMARTS) is 2. The van der Waals surface area contributed by atoms with Crippen LogP contribution in [0.25, 0.3) is 0 Å². The molecule has 4 aliphatic rings. The maximum atomic E-state index is 15.0. The summed E-state index contributed by atoms with van der Waals surface area (Å²) in [6.45, 7) is -0.503. The Morgan fingerprint density at radius 1 is 0.613 bits per heavy atom. The molecule has 8 N–H and O–H groups in total. The maximum absolute atomic E-state index is 15.0. The van der Waals surface area contributed by atoms with Gasteiger partial charge in [0, 0.05) is 26.2 Å². The number of hydrazine groups is 2. The summed E-state index contributed by atoms with van der Waals surface area (Å²) in [5.41, 5.74) is 9.68. The van der Waals surface area contributed by atoms with Crippen LogP contribution < -0.4 is 42.1 Å². The van der Waals surface area contributed by atoms with Gasteiger partial charge in [0.15, 0.2) is 23.3 Å². The van der Waals surface area contributed by atoms with E-state index < -0.39 is 72.9 Å². The van der Waals surface area contributed by atoms with Crippen molar-refractivity contribution in [2.24, 2.45) is 23.7 Å². The molecule has 2 saturated heterocycles. The summed E-state index contributed by atoms with van der Waals surface area (Å²) < 4.78 is 56.5. The number of halogens is 6. The van der Waals surface area contributed by atoms with Gasteiger partial charge in [0.05, 0.1) is 23.9 Å². The maximum Gasteiger partial charge on any atom is 0.404 e. The second-order valence-corrected chi connectivity index (χ2v) is 16.7.